The van der Waals surface area contributed by atoms with E-state index in [9.17, 15) is 4.79 Å². The van der Waals surface area contributed by atoms with E-state index in [4.69, 9.17) is 5.11 Å². The molecule has 2 rings (SSSR count). The van der Waals surface area contributed by atoms with Crippen molar-refractivity contribution < 1.29 is 5.11 Å². The lowest BCUT2D eigenvalue weighted by Crippen LogP contribution is -2.18. The largest absolute Gasteiger partial charge is 0.376 e. The first kappa shape index (κ1) is 9.61. The lowest BCUT2D eigenvalue weighted by Gasteiger charge is -2.04. The van der Waals surface area contributed by atoms with Crippen molar-refractivity contribution >= 4 is 0 Å². The fraction of sp³-hybridized carbons (Fsp3) is 0.0909. The number of hydrogen-bond acceptors (Lipinski definition) is 3. The molecule has 0 aliphatic carbocycles. The third-order valence-corrected chi connectivity index (χ3v) is 2.15. The molecule has 0 aliphatic heterocycles. The van der Waals surface area contributed by atoms with Gasteiger partial charge in [0.25, 0.3) is 5.56 Å². The fourth-order valence-corrected chi connectivity index (χ4v) is 1.36. The Labute approximate surface area is 86.5 Å². The first-order chi connectivity index (χ1) is 7.31. The number of rotatable bonds is 2. The van der Waals surface area contributed by atoms with Crippen LogP contribution in [0, 0.1) is 0 Å². The van der Waals surface area contributed by atoms with Gasteiger partial charge in [0, 0.05) is 24.7 Å². The molecule has 0 fully saturated rings. The van der Waals surface area contributed by atoms with E-state index in [-0.39, 0.29) is 12.3 Å². The molecule has 0 aromatic carbocycles. The molecule has 0 atom stereocenters. The van der Waals surface area contributed by atoms with Crippen molar-refractivity contribution in [3.05, 3.63) is 53.2 Å². The minimum atomic E-state index is -0.308. The zero-order valence-electron chi connectivity index (χ0n) is 8.00. The van der Waals surface area contributed by atoms with E-state index in [1.807, 2.05) is 12.1 Å². The fourth-order valence-electron chi connectivity index (χ4n) is 1.36. The predicted molar refractivity (Wildman–Crippen MR) is 56.2 cm³/mol. The molecule has 2 aromatic rings. The molecule has 0 spiro atoms. The Kier molecular flexibility index (Phi) is 2.60. The Hall–Kier alpha value is -1.94. The van der Waals surface area contributed by atoms with Crippen LogP contribution in [0.3, 0.4) is 0 Å². The average molecular weight is 202 g/mol. The molecule has 2 aromatic heterocycles. The molecule has 4 nitrogen and oxygen atoms in total. The van der Waals surface area contributed by atoms with Gasteiger partial charge in [-0.15, -0.1) is 0 Å². The van der Waals surface area contributed by atoms with Gasteiger partial charge in [0.15, 0.2) is 0 Å². The standard InChI is InChI=1S/C11H10N2O2/c14-8-13-7-10(1-2-11(13)15)9-3-5-12-6-4-9/h1-7,14H,8H2. The number of pyridine rings is 2. The van der Waals surface area contributed by atoms with E-state index in [1.165, 1.54) is 10.6 Å². The van der Waals surface area contributed by atoms with Crippen molar-refractivity contribution in [3.8, 4) is 11.1 Å². The summed E-state index contributed by atoms with van der Waals surface area (Å²) >= 11 is 0. The molecule has 4 heteroatoms. The molecule has 15 heavy (non-hydrogen) atoms. The smallest absolute Gasteiger partial charge is 0.252 e. The highest BCUT2D eigenvalue weighted by Crippen LogP contribution is 2.15. The third-order valence-electron chi connectivity index (χ3n) is 2.15. The van der Waals surface area contributed by atoms with Crippen LogP contribution in [0.2, 0.25) is 0 Å². The summed E-state index contributed by atoms with van der Waals surface area (Å²) in [7, 11) is 0. The third kappa shape index (κ3) is 1.94. The summed E-state index contributed by atoms with van der Waals surface area (Å²) in [6.07, 6.45) is 4.99. The van der Waals surface area contributed by atoms with E-state index in [2.05, 4.69) is 4.98 Å². The normalized spacial score (nSPS) is 10.2. The number of nitrogens with zero attached hydrogens (tertiary/aromatic N) is 2. The van der Waals surface area contributed by atoms with Gasteiger partial charge < -0.3 is 5.11 Å². The quantitative estimate of drug-likeness (QED) is 0.785. The van der Waals surface area contributed by atoms with Gasteiger partial charge in [-0.3, -0.25) is 14.3 Å². The van der Waals surface area contributed by atoms with Crippen molar-refractivity contribution in [2.45, 2.75) is 6.73 Å². The van der Waals surface area contributed by atoms with Crippen LogP contribution in [-0.4, -0.2) is 14.7 Å². The highest BCUT2D eigenvalue weighted by molar-refractivity contribution is 5.61. The highest BCUT2D eigenvalue weighted by Gasteiger charge is 1.99. The first-order valence-corrected chi connectivity index (χ1v) is 4.53. The van der Waals surface area contributed by atoms with Crippen LogP contribution in [0.15, 0.2) is 47.7 Å². The molecule has 0 unspecified atom stereocenters. The van der Waals surface area contributed by atoms with Gasteiger partial charge in [-0.25, -0.2) is 0 Å². The molecule has 0 bridgehead atoms. The minimum absolute atomic E-state index is 0.213. The van der Waals surface area contributed by atoms with Crippen molar-refractivity contribution in [3.63, 3.8) is 0 Å². The Balaban J connectivity index is 2.51. The van der Waals surface area contributed by atoms with Crippen LogP contribution >= 0.6 is 0 Å². The molecular weight excluding hydrogens is 192 g/mol. The second kappa shape index (κ2) is 4.06. The van der Waals surface area contributed by atoms with Crippen molar-refractivity contribution in [2.24, 2.45) is 0 Å². The van der Waals surface area contributed by atoms with Crippen LogP contribution in [-0.2, 0) is 6.73 Å². The van der Waals surface area contributed by atoms with Crippen LogP contribution in [0.1, 0.15) is 0 Å². The second-order valence-corrected chi connectivity index (χ2v) is 3.10. The summed E-state index contributed by atoms with van der Waals surface area (Å²) in [5.74, 6) is 0. The van der Waals surface area contributed by atoms with Gasteiger partial charge in [0.2, 0.25) is 0 Å². The SMILES string of the molecule is O=c1ccc(-c2ccncc2)cn1CO. The number of aliphatic hydroxyl groups is 1. The molecule has 0 aliphatic rings. The molecule has 0 radical (unpaired) electrons. The zero-order valence-corrected chi connectivity index (χ0v) is 8.00. The zero-order chi connectivity index (χ0) is 10.7. The number of aromatic nitrogens is 2. The van der Waals surface area contributed by atoms with Crippen molar-refractivity contribution in [1.82, 2.24) is 9.55 Å². The average Bonchev–Trinajstić information content (AvgIpc) is 2.31. The summed E-state index contributed by atoms with van der Waals surface area (Å²) in [6.45, 7) is -0.308. The van der Waals surface area contributed by atoms with Gasteiger partial charge in [0.1, 0.15) is 6.73 Å². The summed E-state index contributed by atoms with van der Waals surface area (Å²) in [5.41, 5.74) is 1.63. The summed E-state index contributed by atoms with van der Waals surface area (Å²) in [5, 5.41) is 8.94. The van der Waals surface area contributed by atoms with Gasteiger partial charge in [-0.1, -0.05) is 0 Å². The summed E-state index contributed by atoms with van der Waals surface area (Å²) in [6, 6.07) is 6.86. The van der Waals surface area contributed by atoms with E-state index in [1.54, 1.807) is 24.7 Å². The van der Waals surface area contributed by atoms with E-state index in [0.717, 1.165) is 11.1 Å². The van der Waals surface area contributed by atoms with Crippen LogP contribution in [0.4, 0.5) is 0 Å². The number of hydrogen-bond donors (Lipinski definition) is 1. The molecule has 0 saturated heterocycles. The van der Waals surface area contributed by atoms with Crippen molar-refractivity contribution in [2.75, 3.05) is 0 Å². The Morgan fingerprint density at radius 1 is 1.13 bits per heavy atom. The van der Waals surface area contributed by atoms with Gasteiger partial charge in [0.05, 0.1) is 0 Å². The lowest BCUT2D eigenvalue weighted by molar-refractivity contribution is 0.206. The molecule has 76 valence electrons. The Morgan fingerprint density at radius 2 is 1.87 bits per heavy atom. The van der Waals surface area contributed by atoms with Crippen LogP contribution < -0.4 is 5.56 Å². The number of aliphatic hydroxyl groups excluding tert-OH is 1. The molecular formula is C11H10N2O2. The second-order valence-electron chi connectivity index (χ2n) is 3.10. The Bertz CT molecular complexity index is 505. The maximum absolute atomic E-state index is 11.2. The Morgan fingerprint density at radius 3 is 2.53 bits per heavy atom. The topological polar surface area (TPSA) is 55.1 Å². The summed E-state index contributed by atoms with van der Waals surface area (Å²) in [4.78, 5) is 15.1. The molecule has 0 amide bonds. The molecule has 2 heterocycles. The van der Waals surface area contributed by atoms with Crippen LogP contribution in [0.5, 0.6) is 0 Å². The van der Waals surface area contributed by atoms with E-state index < -0.39 is 0 Å². The van der Waals surface area contributed by atoms with Crippen molar-refractivity contribution in [1.29, 1.82) is 0 Å². The molecule has 1 N–H and O–H groups in total. The van der Waals surface area contributed by atoms with E-state index >= 15 is 0 Å². The monoisotopic (exact) mass is 202 g/mol. The summed E-state index contributed by atoms with van der Waals surface area (Å²) < 4.78 is 1.25. The lowest BCUT2D eigenvalue weighted by atomic mass is 10.1. The molecule has 0 saturated carbocycles. The van der Waals surface area contributed by atoms with Gasteiger partial charge in [-0.2, -0.15) is 0 Å². The maximum atomic E-state index is 11.2. The maximum Gasteiger partial charge on any atom is 0.252 e. The van der Waals surface area contributed by atoms with Crippen LogP contribution in [0.25, 0.3) is 11.1 Å². The first-order valence-electron chi connectivity index (χ1n) is 4.53. The predicted octanol–water partition coefficient (Wildman–Crippen LogP) is 0.860. The minimum Gasteiger partial charge on any atom is -0.376 e. The highest BCUT2D eigenvalue weighted by atomic mass is 16.3. The van der Waals surface area contributed by atoms with Gasteiger partial charge >= 0.3 is 0 Å². The van der Waals surface area contributed by atoms with Gasteiger partial charge in [-0.05, 0) is 29.3 Å². The van der Waals surface area contributed by atoms with E-state index in [0.29, 0.717) is 0 Å².